The molecule has 1 aliphatic carbocycles. The van der Waals surface area contributed by atoms with E-state index in [0.717, 1.165) is 12.8 Å². The standard InChI is InChI=1S/C18H25NOS/c1-19-17(18(20-2)11-5-3-4-6-12-18)15-9-7-8-14-10-13-21-16(14)15/h7-10,13,17,19H,3-6,11-12H2,1-2H3. The summed E-state index contributed by atoms with van der Waals surface area (Å²) in [6.07, 6.45) is 7.52. The molecule has 1 atom stereocenters. The van der Waals surface area contributed by atoms with Crippen LogP contribution in [-0.2, 0) is 4.74 Å². The molecule has 1 unspecified atom stereocenters. The first-order valence-electron chi connectivity index (χ1n) is 7.99. The molecule has 1 aliphatic rings. The highest BCUT2D eigenvalue weighted by Crippen LogP contribution is 2.42. The molecule has 2 nitrogen and oxygen atoms in total. The smallest absolute Gasteiger partial charge is 0.0872 e. The van der Waals surface area contributed by atoms with Gasteiger partial charge in [0.2, 0.25) is 0 Å². The summed E-state index contributed by atoms with van der Waals surface area (Å²) >= 11 is 1.84. The van der Waals surface area contributed by atoms with Gasteiger partial charge < -0.3 is 10.1 Å². The van der Waals surface area contributed by atoms with Crippen molar-refractivity contribution in [1.82, 2.24) is 5.32 Å². The Balaban J connectivity index is 2.05. The maximum absolute atomic E-state index is 6.13. The molecule has 21 heavy (non-hydrogen) atoms. The van der Waals surface area contributed by atoms with Crippen LogP contribution < -0.4 is 5.32 Å². The third kappa shape index (κ3) is 2.75. The summed E-state index contributed by atoms with van der Waals surface area (Å²) in [5, 5.41) is 7.10. The van der Waals surface area contributed by atoms with Crippen molar-refractivity contribution in [3.63, 3.8) is 0 Å². The Kier molecular flexibility index (Phi) is 4.63. The molecule has 1 saturated carbocycles. The molecule has 114 valence electrons. The average molecular weight is 303 g/mol. The number of hydrogen-bond donors (Lipinski definition) is 1. The van der Waals surface area contributed by atoms with E-state index in [2.05, 4.69) is 42.0 Å². The van der Waals surface area contributed by atoms with Crippen molar-refractivity contribution in [3.05, 3.63) is 35.2 Å². The van der Waals surface area contributed by atoms with Gasteiger partial charge >= 0.3 is 0 Å². The Hall–Kier alpha value is -0.900. The molecule has 0 amide bonds. The minimum Gasteiger partial charge on any atom is -0.376 e. The van der Waals surface area contributed by atoms with E-state index in [1.807, 2.05) is 18.4 Å². The van der Waals surface area contributed by atoms with Gasteiger partial charge in [-0.3, -0.25) is 0 Å². The molecule has 1 N–H and O–H groups in total. The summed E-state index contributed by atoms with van der Waals surface area (Å²) in [7, 11) is 3.97. The predicted octanol–water partition coefficient (Wildman–Crippen LogP) is 4.90. The Morgan fingerprint density at radius 3 is 2.57 bits per heavy atom. The fourth-order valence-corrected chi connectivity index (χ4v) is 4.83. The topological polar surface area (TPSA) is 21.3 Å². The SMILES string of the molecule is CNC(c1cccc2ccsc12)C1(OC)CCCCCC1. The van der Waals surface area contributed by atoms with E-state index >= 15 is 0 Å². The van der Waals surface area contributed by atoms with Crippen molar-refractivity contribution in [3.8, 4) is 0 Å². The molecule has 1 aromatic heterocycles. The monoisotopic (exact) mass is 303 g/mol. The van der Waals surface area contributed by atoms with Gasteiger partial charge in [0.1, 0.15) is 0 Å². The highest BCUT2D eigenvalue weighted by molar-refractivity contribution is 7.17. The van der Waals surface area contributed by atoms with Gasteiger partial charge in [-0.1, -0.05) is 43.9 Å². The zero-order chi connectivity index (χ0) is 14.7. The lowest BCUT2D eigenvalue weighted by molar-refractivity contribution is -0.0518. The Morgan fingerprint density at radius 2 is 1.90 bits per heavy atom. The number of rotatable bonds is 4. The highest BCUT2D eigenvalue weighted by atomic mass is 32.1. The molecule has 2 aromatic rings. The minimum absolute atomic E-state index is 0.0659. The van der Waals surface area contributed by atoms with Gasteiger partial charge in [0.25, 0.3) is 0 Å². The molecule has 1 aromatic carbocycles. The fraction of sp³-hybridized carbons (Fsp3) is 0.556. The van der Waals surface area contributed by atoms with Crippen LogP contribution in [0.5, 0.6) is 0 Å². The minimum atomic E-state index is -0.0659. The second-order valence-electron chi connectivity index (χ2n) is 6.09. The normalized spacial score (nSPS) is 20.3. The molecule has 3 rings (SSSR count). The number of hydrogen-bond acceptors (Lipinski definition) is 3. The lowest BCUT2D eigenvalue weighted by Gasteiger charge is -2.39. The molecule has 0 bridgehead atoms. The van der Waals surface area contributed by atoms with Crippen LogP contribution in [0.3, 0.4) is 0 Å². The van der Waals surface area contributed by atoms with Crippen molar-refractivity contribution in [2.24, 2.45) is 0 Å². The van der Waals surface area contributed by atoms with Gasteiger partial charge in [-0.05, 0) is 42.3 Å². The van der Waals surface area contributed by atoms with Crippen LogP contribution in [0.1, 0.15) is 50.1 Å². The Morgan fingerprint density at radius 1 is 1.14 bits per heavy atom. The zero-order valence-corrected chi connectivity index (χ0v) is 13.8. The summed E-state index contributed by atoms with van der Waals surface area (Å²) in [5.74, 6) is 0. The molecule has 0 radical (unpaired) electrons. The lowest BCUT2D eigenvalue weighted by atomic mass is 9.82. The zero-order valence-electron chi connectivity index (χ0n) is 13.0. The number of benzene rings is 1. The van der Waals surface area contributed by atoms with Crippen LogP contribution >= 0.6 is 11.3 Å². The fourth-order valence-electron chi connectivity index (χ4n) is 3.88. The van der Waals surface area contributed by atoms with Crippen molar-refractivity contribution < 1.29 is 4.74 Å². The van der Waals surface area contributed by atoms with E-state index in [4.69, 9.17) is 4.74 Å². The van der Waals surface area contributed by atoms with Crippen LogP contribution in [0.4, 0.5) is 0 Å². The Bertz CT molecular complexity index is 584. The molecule has 0 spiro atoms. The van der Waals surface area contributed by atoms with Gasteiger partial charge in [0.15, 0.2) is 0 Å². The van der Waals surface area contributed by atoms with Gasteiger partial charge in [-0.25, -0.2) is 0 Å². The van der Waals surface area contributed by atoms with Crippen LogP contribution in [0.25, 0.3) is 10.1 Å². The molecule has 1 fully saturated rings. The maximum atomic E-state index is 6.13. The van der Waals surface area contributed by atoms with Crippen molar-refractivity contribution in [1.29, 1.82) is 0 Å². The van der Waals surface area contributed by atoms with Crippen molar-refractivity contribution >= 4 is 21.4 Å². The third-order valence-corrected chi connectivity index (χ3v) is 5.97. The summed E-state index contributed by atoms with van der Waals surface area (Å²) < 4.78 is 7.53. The quantitative estimate of drug-likeness (QED) is 0.811. The van der Waals surface area contributed by atoms with E-state index in [9.17, 15) is 0 Å². The second-order valence-corrected chi connectivity index (χ2v) is 7.01. The van der Waals surface area contributed by atoms with E-state index in [1.165, 1.54) is 41.3 Å². The Labute approximate surface area is 131 Å². The highest BCUT2D eigenvalue weighted by Gasteiger charge is 2.40. The van der Waals surface area contributed by atoms with E-state index in [0.29, 0.717) is 0 Å². The number of thiophene rings is 1. The average Bonchev–Trinajstić information content (AvgIpc) is 2.87. The van der Waals surface area contributed by atoms with E-state index in [-0.39, 0.29) is 11.6 Å². The maximum Gasteiger partial charge on any atom is 0.0872 e. The number of fused-ring (bicyclic) bond motifs is 1. The summed E-state index contributed by atoms with van der Waals surface area (Å²) in [6.45, 7) is 0. The largest absolute Gasteiger partial charge is 0.376 e. The van der Waals surface area contributed by atoms with E-state index in [1.54, 1.807) is 0 Å². The van der Waals surface area contributed by atoms with E-state index < -0.39 is 0 Å². The van der Waals surface area contributed by atoms with Gasteiger partial charge in [0.05, 0.1) is 11.6 Å². The van der Waals surface area contributed by atoms with Crippen molar-refractivity contribution in [2.75, 3.05) is 14.2 Å². The first-order chi connectivity index (χ1) is 10.3. The number of nitrogens with one attached hydrogen (secondary N) is 1. The summed E-state index contributed by atoms with van der Waals surface area (Å²) in [6, 6.07) is 9.13. The van der Waals surface area contributed by atoms with Gasteiger partial charge in [-0.15, -0.1) is 11.3 Å². The summed E-state index contributed by atoms with van der Waals surface area (Å²) in [5.41, 5.74) is 1.33. The van der Waals surface area contributed by atoms with Gasteiger partial charge in [0, 0.05) is 11.8 Å². The number of ether oxygens (including phenoxy) is 1. The van der Waals surface area contributed by atoms with Crippen LogP contribution in [0, 0.1) is 0 Å². The lowest BCUT2D eigenvalue weighted by Crippen LogP contribution is -2.44. The third-order valence-electron chi connectivity index (χ3n) is 4.99. The second kappa shape index (κ2) is 6.47. The van der Waals surface area contributed by atoms with Crippen LogP contribution in [0.15, 0.2) is 29.6 Å². The van der Waals surface area contributed by atoms with Crippen LogP contribution in [-0.4, -0.2) is 19.8 Å². The first kappa shape index (κ1) is 15.0. The molecular formula is C18H25NOS. The van der Waals surface area contributed by atoms with Crippen LogP contribution in [0.2, 0.25) is 0 Å². The molecule has 1 heterocycles. The molecule has 0 saturated heterocycles. The van der Waals surface area contributed by atoms with Gasteiger partial charge in [-0.2, -0.15) is 0 Å². The molecule has 0 aliphatic heterocycles. The van der Waals surface area contributed by atoms with Crippen molar-refractivity contribution in [2.45, 2.75) is 50.2 Å². The first-order valence-corrected chi connectivity index (χ1v) is 8.87. The number of methoxy groups -OCH3 is 1. The molecular weight excluding hydrogens is 278 g/mol. The molecule has 3 heteroatoms. The summed E-state index contributed by atoms with van der Waals surface area (Å²) in [4.78, 5) is 0. The number of likely N-dealkylation sites (N-methyl/N-ethyl adjacent to an activating group) is 1. The predicted molar refractivity (Wildman–Crippen MR) is 91.1 cm³/mol.